The monoisotopic (exact) mass is 255 g/mol. The maximum atomic E-state index is 11.5. The Morgan fingerprint density at radius 2 is 1.89 bits per heavy atom. The number of rotatable bonds is 5. The molecule has 0 radical (unpaired) electrons. The predicted molar refractivity (Wildman–Crippen MR) is 75.3 cm³/mol. The molecule has 0 saturated carbocycles. The van der Waals surface area contributed by atoms with Crippen molar-refractivity contribution in [1.29, 1.82) is 0 Å². The first-order valence-corrected chi connectivity index (χ1v) is 6.21. The zero-order chi connectivity index (χ0) is 13.7. The van der Waals surface area contributed by atoms with E-state index in [0.717, 1.165) is 16.9 Å². The van der Waals surface area contributed by atoms with E-state index < -0.39 is 0 Å². The second kappa shape index (κ2) is 6.16. The molecule has 0 saturated heterocycles. The Morgan fingerprint density at radius 3 is 2.53 bits per heavy atom. The van der Waals surface area contributed by atoms with Crippen LogP contribution in [0.5, 0.6) is 5.75 Å². The molecular formula is C16H17NO2. The minimum absolute atomic E-state index is 0.0314. The van der Waals surface area contributed by atoms with Crippen molar-refractivity contribution in [3.05, 3.63) is 65.2 Å². The van der Waals surface area contributed by atoms with Crippen molar-refractivity contribution in [2.75, 3.05) is 6.54 Å². The summed E-state index contributed by atoms with van der Waals surface area (Å²) in [4.78, 5) is 11.5. The molecule has 2 aromatic carbocycles. The van der Waals surface area contributed by atoms with E-state index in [2.05, 4.69) is 0 Å². The second-order valence-electron chi connectivity index (χ2n) is 4.38. The lowest BCUT2D eigenvalue weighted by Gasteiger charge is -2.10. The van der Waals surface area contributed by atoms with Gasteiger partial charge in [0.05, 0.1) is 6.54 Å². The summed E-state index contributed by atoms with van der Waals surface area (Å²) in [5.74, 6) is 0.732. The van der Waals surface area contributed by atoms with E-state index in [9.17, 15) is 4.79 Å². The molecule has 0 aliphatic heterocycles. The van der Waals surface area contributed by atoms with Crippen LogP contribution in [0.15, 0.2) is 48.5 Å². The minimum Gasteiger partial charge on any atom is -0.489 e. The zero-order valence-electron chi connectivity index (χ0n) is 10.9. The minimum atomic E-state index is -0.0577. The topological polar surface area (TPSA) is 52.3 Å². The van der Waals surface area contributed by atoms with Crippen LogP contribution >= 0.6 is 0 Å². The van der Waals surface area contributed by atoms with E-state index in [1.807, 2.05) is 49.4 Å². The molecule has 0 heterocycles. The highest BCUT2D eigenvalue weighted by molar-refractivity contribution is 5.97. The van der Waals surface area contributed by atoms with Gasteiger partial charge in [-0.15, -0.1) is 0 Å². The van der Waals surface area contributed by atoms with E-state index in [0.29, 0.717) is 12.2 Å². The normalized spacial score (nSPS) is 10.2. The van der Waals surface area contributed by atoms with Crippen molar-refractivity contribution >= 4 is 5.78 Å². The molecule has 2 N–H and O–H groups in total. The SMILES string of the molecule is Cc1cc(C(=O)CN)ccc1OCc1ccccc1. The predicted octanol–water partition coefficient (Wildman–Crippen LogP) is 2.72. The highest BCUT2D eigenvalue weighted by atomic mass is 16.5. The van der Waals surface area contributed by atoms with Crippen molar-refractivity contribution in [2.24, 2.45) is 5.73 Å². The maximum Gasteiger partial charge on any atom is 0.176 e. The van der Waals surface area contributed by atoms with Gasteiger partial charge in [-0.25, -0.2) is 0 Å². The standard InChI is InChI=1S/C16H17NO2/c1-12-9-14(15(18)10-17)7-8-16(12)19-11-13-5-3-2-4-6-13/h2-9H,10-11,17H2,1H3. The Bertz CT molecular complexity index is 564. The van der Waals surface area contributed by atoms with Crippen LogP contribution in [0.25, 0.3) is 0 Å². The number of hydrogen-bond acceptors (Lipinski definition) is 3. The lowest BCUT2D eigenvalue weighted by Crippen LogP contribution is -2.13. The summed E-state index contributed by atoms with van der Waals surface area (Å²) in [6.45, 7) is 2.48. The van der Waals surface area contributed by atoms with Gasteiger partial charge < -0.3 is 10.5 Å². The number of hydrogen-bond donors (Lipinski definition) is 1. The Hall–Kier alpha value is -2.13. The maximum absolute atomic E-state index is 11.5. The number of ether oxygens (including phenoxy) is 1. The van der Waals surface area contributed by atoms with Crippen molar-refractivity contribution in [3.63, 3.8) is 0 Å². The average molecular weight is 255 g/mol. The number of ketones is 1. The number of carbonyl (C=O) groups excluding carboxylic acids is 1. The molecule has 0 aromatic heterocycles. The molecule has 2 aromatic rings. The van der Waals surface area contributed by atoms with Crippen LogP contribution < -0.4 is 10.5 Å². The summed E-state index contributed by atoms with van der Waals surface area (Å²) in [6.07, 6.45) is 0. The fourth-order valence-corrected chi connectivity index (χ4v) is 1.84. The highest BCUT2D eigenvalue weighted by Crippen LogP contribution is 2.20. The van der Waals surface area contributed by atoms with Gasteiger partial charge in [-0.3, -0.25) is 4.79 Å². The quantitative estimate of drug-likeness (QED) is 0.836. The largest absolute Gasteiger partial charge is 0.489 e. The Labute approximate surface area is 113 Å². The highest BCUT2D eigenvalue weighted by Gasteiger charge is 2.06. The first-order chi connectivity index (χ1) is 9.20. The van der Waals surface area contributed by atoms with Crippen LogP contribution in [-0.4, -0.2) is 12.3 Å². The van der Waals surface area contributed by atoms with Crippen molar-refractivity contribution in [1.82, 2.24) is 0 Å². The Morgan fingerprint density at radius 1 is 1.16 bits per heavy atom. The third kappa shape index (κ3) is 3.42. The molecule has 0 aliphatic carbocycles. The molecule has 0 fully saturated rings. The van der Waals surface area contributed by atoms with Gasteiger partial charge in [-0.2, -0.15) is 0 Å². The molecule has 0 atom stereocenters. The number of Topliss-reactive ketones (excluding diaryl/α,β-unsaturated/α-hetero) is 1. The van der Waals surface area contributed by atoms with Crippen LogP contribution in [0.3, 0.4) is 0 Å². The van der Waals surface area contributed by atoms with Crippen LogP contribution in [0.1, 0.15) is 21.5 Å². The molecule has 0 aliphatic rings. The van der Waals surface area contributed by atoms with E-state index in [1.165, 1.54) is 0 Å². The first kappa shape index (κ1) is 13.3. The number of carbonyl (C=O) groups is 1. The lowest BCUT2D eigenvalue weighted by atomic mass is 10.1. The Balaban J connectivity index is 2.07. The molecule has 0 spiro atoms. The molecule has 3 nitrogen and oxygen atoms in total. The van der Waals surface area contributed by atoms with Gasteiger partial charge in [-0.1, -0.05) is 30.3 Å². The molecule has 2 rings (SSSR count). The summed E-state index contributed by atoms with van der Waals surface area (Å²) >= 11 is 0. The molecular weight excluding hydrogens is 238 g/mol. The van der Waals surface area contributed by atoms with Gasteiger partial charge in [0.2, 0.25) is 0 Å². The lowest BCUT2D eigenvalue weighted by molar-refractivity contribution is 0.100. The molecule has 98 valence electrons. The number of benzene rings is 2. The summed E-state index contributed by atoms with van der Waals surface area (Å²) in [5, 5.41) is 0. The molecule has 0 unspecified atom stereocenters. The van der Waals surface area contributed by atoms with Gasteiger partial charge in [0.1, 0.15) is 12.4 Å². The van der Waals surface area contributed by atoms with Crippen molar-refractivity contribution in [2.45, 2.75) is 13.5 Å². The molecule has 0 amide bonds. The number of nitrogens with two attached hydrogens (primary N) is 1. The summed E-state index contributed by atoms with van der Waals surface area (Å²) in [6, 6.07) is 15.4. The smallest absolute Gasteiger partial charge is 0.176 e. The van der Waals surface area contributed by atoms with Gasteiger partial charge in [0, 0.05) is 5.56 Å². The van der Waals surface area contributed by atoms with Gasteiger partial charge in [0.15, 0.2) is 5.78 Å². The van der Waals surface area contributed by atoms with Crippen LogP contribution in [-0.2, 0) is 6.61 Å². The number of aryl methyl sites for hydroxylation is 1. The van der Waals surface area contributed by atoms with Crippen LogP contribution in [0.2, 0.25) is 0 Å². The van der Waals surface area contributed by atoms with Gasteiger partial charge in [0.25, 0.3) is 0 Å². The fourth-order valence-electron chi connectivity index (χ4n) is 1.84. The van der Waals surface area contributed by atoms with Crippen LogP contribution in [0, 0.1) is 6.92 Å². The summed E-state index contributed by atoms with van der Waals surface area (Å²) in [5.41, 5.74) is 8.03. The third-order valence-corrected chi connectivity index (χ3v) is 2.92. The van der Waals surface area contributed by atoms with E-state index in [1.54, 1.807) is 6.07 Å². The van der Waals surface area contributed by atoms with Crippen molar-refractivity contribution < 1.29 is 9.53 Å². The molecule has 19 heavy (non-hydrogen) atoms. The molecule has 3 heteroatoms. The second-order valence-corrected chi connectivity index (χ2v) is 4.38. The fraction of sp³-hybridized carbons (Fsp3) is 0.188. The first-order valence-electron chi connectivity index (χ1n) is 6.21. The van der Waals surface area contributed by atoms with Crippen molar-refractivity contribution in [3.8, 4) is 5.75 Å². The summed E-state index contributed by atoms with van der Waals surface area (Å²) < 4.78 is 5.75. The Kier molecular flexibility index (Phi) is 4.31. The molecule has 0 bridgehead atoms. The summed E-state index contributed by atoms with van der Waals surface area (Å²) in [7, 11) is 0. The zero-order valence-corrected chi connectivity index (χ0v) is 10.9. The van der Waals surface area contributed by atoms with E-state index in [-0.39, 0.29) is 12.3 Å². The van der Waals surface area contributed by atoms with Gasteiger partial charge >= 0.3 is 0 Å². The van der Waals surface area contributed by atoms with E-state index >= 15 is 0 Å². The van der Waals surface area contributed by atoms with Gasteiger partial charge in [-0.05, 0) is 36.2 Å². The third-order valence-electron chi connectivity index (χ3n) is 2.92. The van der Waals surface area contributed by atoms with E-state index in [4.69, 9.17) is 10.5 Å². The average Bonchev–Trinajstić information content (AvgIpc) is 2.46. The van der Waals surface area contributed by atoms with Crippen LogP contribution in [0.4, 0.5) is 0 Å².